The second-order valence-corrected chi connectivity index (χ2v) is 7.48. The molecule has 0 spiro atoms. The van der Waals surface area contributed by atoms with Gasteiger partial charge in [-0.15, -0.1) is 11.3 Å². The average Bonchev–Trinajstić information content (AvgIpc) is 3.07. The van der Waals surface area contributed by atoms with Gasteiger partial charge < -0.3 is 10.1 Å². The molecule has 10 heteroatoms. The number of thioether (sulfide) groups is 1. The molecular weight excluding hydrogens is 406 g/mol. The van der Waals surface area contributed by atoms with Gasteiger partial charge in [-0.2, -0.15) is 8.78 Å². The van der Waals surface area contributed by atoms with Crippen LogP contribution in [0.15, 0.2) is 40.9 Å². The van der Waals surface area contributed by atoms with Crippen molar-refractivity contribution >= 4 is 34.1 Å². The molecule has 0 aliphatic carbocycles. The van der Waals surface area contributed by atoms with Crippen molar-refractivity contribution in [1.82, 2.24) is 15.0 Å². The summed E-state index contributed by atoms with van der Waals surface area (Å²) in [7, 11) is 0. The number of nitrogens with zero attached hydrogens (tertiary/aromatic N) is 3. The van der Waals surface area contributed by atoms with Crippen LogP contribution in [0, 0.1) is 13.8 Å². The van der Waals surface area contributed by atoms with Gasteiger partial charge in [0.1, 0.15) is 5.75 Å². The van der Waals surface area contributed by atoms with Crippen molar-refractivity contribution in [2.75, 3.05) is 11.1 Å². The number of thiazole rings is 1. The molecule has 3 rings (SSSR count). The number of aromatic nitrogens is 3. The number of nitrogens with one attached hydrogen (secondary N) is 1. The molecule has 146 valence electrons. The SMILES string of the molecule is Cc1cc(C)nc(SCC(=O)Nc2nc(-c3ccccc3OC(F)F)cs2)n1. The van der Waals surface area contributed by atoms with E-state index in [0.29, 0.717) is 21.5 Å². The van der Waals surface area contributed by atoms with Crippen LogP contribution in [0.1, 0.15) is 11.4 Å². The first-order chi connectivity index (χ1) is 13.4. The van der Waals surface area contributed by atoms with E-state index in [1.165, 1.54) is 29.2 Å². The molecule has 3 aromatic rings. The van der Waals surface area contributed by atoms with Crippen molar-refractivity contribution in [3.63, 3.8) is 0 Å². The summed E-state index contributed by atoms with van der Waals surface area (Å²) in [5.41, 5.74) is 2.55. The van der Waals surface area contributed by atoms with Gasteiger partial charge in [-0.05, 0) is 32.0 Å². The highest BCUT2D eigenvalue weighted by Gasteiger charge is 2.14. The number of hydrogen-bond donors (Lipinski definition) is 1. The summed E-state index contributed by atoms with van der Waals surface area (Å²) >= 11 is 2.43. The number of aryl methyl sites for hydroxylation is 2. The molecule has 0 aliphatic rings. The lowest BCUT2D eigenvalue weighted by Crippen LogP contribution is -2.14. The summed E-state index contributed by atoms with van der Waals surface area (Å²) in [6.07, 6.45) is 0. The minimum Gasteiger partial charge on any atom is -0.434 e. The summed E-state index contributed by atoms with van der Waals surface area (Å²) in [5, 5.41) is 5.27. The fraction of sp³-hybridized carbons (Fsp3) is 0.222. The molecule has 6 nitrogen and oxygen atoms in total. The highest BCUT2D eigenvalue weighted by Crippen LogP contribution is 2.33. The van der Waals surface area contributed by atoms with Gasteiger partial charge in [0, 0.05) is 22.3 Å². The molecule has 2 aromatic heterocycles. The number of halogens is 2. The van der Waals surface area contributed by atoms with Crippen LogP contribution in [-0.2, 0) is 4.79 Å². The number of ether oxygens (including phenoxy) is 1. The van der Waals surface area contributed by atoms with E-state index in [0.717, 1.165) is 11.4 Å². The van der Waals surface area contributed by atoms with Gasteiger partial charge in [-0.1, -0.05) is 23.9 Å². The summed E-state index contributed by atoms with van der Waals surface area (Å²) in [6, 6.07) is 8.23. The first-order valence-corrected chi connectivity index (χ1v) is 10.0. The summed E-state index contributed by atoms with van der Waals surface area (Å²) < 4.78 is 29.6. The largest absolute Gasteiger partial charge is 0.434 e. The molecular formula is C18H16F2N4O2S2. The maximum Gasteiger partial charge on any atom is 0.387 e. The predicted octanol–water partition coefficient (Wildman–Crippen LogP) is 4.55. The number of anilines is 1. The highest BCUT2D eigenvalue weighted by molar-refractivity contribution is 7.99. The summed E-state index contributed by atoms with van der Waals surface area (Å²) in [4.78, 5) is 25.0. The van der Waals surface area contributed by atoms with Gasteiger partial charge in [-0.3, -0.25) is 4.79 Å². The Bertz CT molecular complexity index is 961. The number of carbonyl (C=O) groups is 1. The smallest absolute Gasteiger partial charge is 0.387 e. The third-order valence-corrected chi connectivity index (χ3v) is 5.03. The van der Waals surface area contributed by atoms with Crippen LogP contribution >= 0.6 is 23.1 Å². The Morgan fingerprint density at radius 1 is 1.21 bits per heavy atom. The maximum atomic E-state index is 12.6. The minimum absolute atomic E-state index is 0.0307. The fourth-order valence-corrected chi connectivity index (χ4v) is 3.85. The monoisotopic (exact) mass is 422 g/mol. The lowest BCUT2D eigenvalue weighted by atomic mass is 10.1. The molecule has 1 N–H and O–H groups in total. The highest BCUT2D eigenvalue weighted by atomic mass is 32.2. The topological polar surface area (TPSA) is 77.0 Å². The third kappa shape index (κ3) is 5.46. The molecule has 0 fully saturated rings. The van der Waals surface area contributed by atoms with Gasteiger partial charge in [-0.25, -0.2) is 15.0 Å². The lowest BCUT2D eigenvalue weighted by Gasteiger charge is -2.08. The fourth-order valence-electron chi connectivity index (χ4n) is 2.38. The Balaban J connectivity index is 1.64. The van der Waals surface area contributed by atoms with E-state index in [1.54, 1.807) is 23.6 Å². The molecule has 2 heterocycles. The Morgan fingerprint density at radius 2 is 1.93 bits per heavy atom. The van der Waals surface area contributed by atoms with Crippen LogP contribution in [-0.4, -0.2) is 33.2 Å². The van der Waals surface area contributed by atoms with Gasteiger partial charge in [0.25, 0.3) is 0 Å². The molecule has 1 aromatic carbocycles. The molecule has 0 saturated carbocycles. The Morgan fingerprint density at radius 3 is 2.64 bits per heavy atom. The van der Waals surface area contributed by atoms with Crippen molar-refractivity contribution in [2.45, 2.75) is 25.6 Å². The molecule has 0 radical (unpaired) electrons. The average molecular weight is 422 g/mol. The molecule has 0 bridgehead atoms. The van der Waals surface area contributed by atoms with Crippen molar-refractivity contribution in [2.24, 2.45) is 0 Å². The number of rotatable bonds is 7. The number of amides is 1. The van der Waals surface area contributed by atoms with Crippen LogP contribution in [0.2, 0.25) is 0 Å². The van der Waals surface area contributed by atoms with Crippen molar-refractivity contribution in [1.29, 1.82) is 0 Å². The number of carbonyl (C=O) groups excluding carboxylic acids is 1. The van der Waals surface area contributed by atoms with Crippen molar-refractivity contribution in [3.8, 4) is 17.0 Å². The first-order valence-electron chi connectivity index (χ1n) is 8.15. The van der Waals surface area contributed by atoms with E-state index in [2.05, 4.69) is 25.0 Å². The van der Waals surface area contributed by atoms with Crippen LogP contribution < -0.4 is 10.1 Å². The maximum absolute atomic E-state index is 12.6. The zero-order valence-corrected chi connectivity index (χ0v) is 16.6. The second-order valence-electron chi connectivity index (χ2n) is 5.68. The number of hydrogen-bond acceptors (Lipinski definition) is 7. The quantitative estimate of drug-likeness (QED) is 0.445. The second kappa shape index (κ2) is 9.07. The van der Waals surface area contributed by atoms with Gasteiger partial charge in [0.15, 0.2) is 10.3 Å². The van der Waals surface area contributed by atoms with E-state index in [4.69, 9.17) is 0 Å². The molecule has 0 atom stereocenters. The first kappa shape index (κ1) is 20.2. The van der Waals surface area contributed by atoms with E-state index >= 15 is 0 Å². The zero-order valence-electron chi connectivity index (χ0n) is 15.0. The van der Waals surface area contributed by atoms with Crippen LogP contribution in [0.4, 0.5) is 13.9 Å². The molecule has 0 aliphatic heterocycles. The minimum atomic E-state index is -2.93. The molecule has 1 amide bonds. The van der Waals surface area contributed by atoms with E-state index < -0.39 is 6.61 Å². The Labute approximate surface area is 168 Å². The van der Waals surface area contributed by atoms with Crippen LogP contribution in [0.5, 0.6) is 5.75 Å². The number of para-hydroxylation sites is 1. The van der Waals surface area contributed by atoms with Crippen molar-refractivity contribution in [3.05, 3.63) is 47.1 Å². The van der Waals surface area contributed by atoms with E-state index in [9.17, 15) is 13.6 Å². The molecule has 28 heavy (non-hydrogen) atoms. The zero-order chi connectivity index (χ0) is 20.1. The van der Waals surface area contributed by atoms with Gasteiger partial charge >= 0.3 is 6.61 Å². The predicted molar refractivity (Wildman–Crippen MR) is 105 cm³/mol. The van der Waals surface area contributed by atoms with Crippen molar-refractivity contribution < 1.29 is 18.3 Å². The van der Waals surface area contributed by atoms with Gasteiger partial charge in [0.05, 0.1) is 11.4 Å². The number of alkyl halides is 2. The Hall–Kier alpha value is -2.59. The summed E-state index contributed by atoms with van der Waals surface area (Å²) in [5.74, 6) is -0.0999. The third-order valence-electron chi connectivity index (χ3n) is 3.42. The number of benzene rings is 1. The van der Waals surface area contributed by atoms with Crippen LogP contribution in [0.25, 0.3) is 11.3 Å². The normalized spacial score (nSPS) is 10.9. The molecule has 0 unspecified atom stereocenters. The summed E-state index contributed by atoms with van der Waals surface area (Å²) in [6.45, 7) is 0.806. The Kier molecular flexibility index (Phi) is 6.53. The standard InChI is InChI=1S/C18H16F2N4O2S2/c1-10-7-11(2)22-17(21-10)28-9-15(25)24-18-23-13(8-27-18)12-5-3-4-6-14(12)26-16(19)20/h3-8,16H,9H2,1-2H3,(H,23,24,25). The van der Waals surface area contributed by atoms with Crippen LogP contribution in [0.3, 0.4) is 0 Å². The van der Waals surface area contributed by atoms with Gasteiger partial charge in [0.2, 0.25) is 5.91 Å². The van der Waals surface area contributed by atoms with E-state index in [-0.39, 0.29) is 17.4 Å². The molecule has 0 saturated heterocycles. The van der Waals surface area contributed by atoms with E-state index in [1.807, 2.05) is 19.9 Å². The lowest BCUT2D eigenvalue weighted by molar-refractivity contribution is -0.113.